The van der Waals surface area contributed by atoms with Crippen LogP contribution in [0.15, 0.2) is 39.8 Å². The molecule has 2 aromatic rings. The molecule has 0 spiro atoms. The first-order valence-electron chi connectivity index (χ1n) is 4.82. The fourth-order valence-electron chi connectivity index (χ4n) is 1.10. The van der Waals surface area contributed by atoms with Crippen LogP contribution in [0.5, 0.6) is 0 Å². The highest BCUT2D eigenvalue weighted by Gasteiger charge is 2.02. The van der Waals surface area contributed by atoms with E-state index in [0.717, 1.165) is 16.5 Å². The maximum Gasteiger partial charge on any atom is 0.212 e. The van der Waals surface area contributed by atoms with Crippen LogP contribution < -0.4 is 11.5 Å². The van der Waals surface area contributed by atoms with E-state index in [0.29, 0.717) is 5.13 Å². The van der Waals surface area contributed by atoms with Crippen LogP contribution in [0.1, 0.15) is 5.69 Å². The molecule has 2 aromatic heterocycles. The van der Waals surface area contributed by atoms with Gasteiger partial charge >= 0.3 is 0 Å². The summed E-state index contributed by atoms with van der Waals surface area (Å²) in [7, 11) is 0. The van der Waals surface area contributed by atoms with Gasteiger partial charge in [-0.15, -0.1) is 23.1 Å². The molecule has 0 saturated heterocycles. The van der Waals surface area contributed by atoms with Gasteiger partial charge in [0.1, 0.15) is 0 Å². The largest absolute Gasteiger partial charge is 0.370 e. The molecule has 2 rings (SSSR count). The van der Waals surface area contributed by atoms with Crippen LogP contribution >= 0.6 is 23.1 Å². The first-order valence-corrected chi connectivity index (χ1v) is 6.68. The van der Waals surface area contributed by atoms with E-state index in [1.54, 1.807) is 18.0 Å². The van der Waals surface area contributed by atoms with Crippen molar-refractivity contribution in [1.29, 1.82) is 0 Å². The Hall–Kier alpha value is -1.60. The molecular weight excluding hydrogens is 254 g/mol. The van der Waals surface area contributed by atoms with Crippen molar-refractivity contribution in [2.24, 2.45) is 16.5 Å². The third-order valence-electron chi connectivity index (χ3n) is 1.77. The van der Waals surface area contributed by atoms with E-state index in [4.69, 9.17) is 11.5 Å². The number of hydrogen-bond acceptors (Lipinski definition) is 5. The first kappa shape index (κ1) is 11.9. The van der Waals surface area contributed by atoms with Crippen LogP contribution in [0.25, 0.3) is 0 Å². The van der Waals surface area contributed by atoms with E-state index in [1.165, 1.54) is 11.3 Å². The van der Waals surface area contributed by atoms with E-state index in [1.807, 2.05) is 23.6 Å². The summed E-state index contributed by atoms with van der Waals surface area (Å²) >= 11 is 3.05. The summed E-state index contributed by atoms with van der Waals surface area (Å²) in [4.78, 5) is 12.4. The number of rotatable bonds is 4. The minimum Gasteiger partial charge on any atom is -0.370 e. The minimum absolute atomic E-state index is 0.0308. The third kappa shape index (κ3) is 3.72. The monoisotopic (exact) mass is 265 g/mol. The topological polar surface area (TPSA) is 90.2 Å². The Morgan fingerprint density at radius 1 is 1.41 bits per heavy atom. The van der Waals surface area contributed by atoms with E-state index >= 15 is 0 Å². The molecule has 0 aliphatic heterocycles. The molecule has 0 saturated carbocycles. The number of aromatic nitrogens is 2. The van der Waals surface area contributed by atoms with E-state index in [2.05, 4.69) is 15.0 Å². The average molecular weight is 265 g/mol. The van der Waals surface area contributed by atoms with Crippen LogP contribution in [-0.2, 0) is 5.75 Å². The van der Waals surface area contributed by atoms with Crippen LogP contribution in [0, 0.1) is 0 Å². The van der Waals surface area contributed by atoms with Crippen LogP contribution in [-0.4, -0.2) is 15.9 Å². The Kier molecular flexibility index (Phi) is 3.94. The van der Waals surface area contributed by atoms with Crippen molar-refractivity contribution in [3.8, 4) is 0 Å². The molecule has 0 bridgehead atoms. The fraction of sp³-hybridized carbons (Fsp3) is 0.100. The number of nitrogens with two attached hydrogens (primary N) is 2. The van der Waals surface area contributed by atoms with E-state index in [-0.39, 0.29) is 5.96 Å². The molecule has 0 aliphatic rings. The minimum atomic E-state index is 0.0308. The Balaban J connectivity index is 1.96. The number of nitrogens with zero attached hydrogens (tertiary/aromatic N) is 3. The van der Waals surface area contributed by atoms with Crippen LogP contribution in [0.4, 0.5) is 5.13 Å². The maximum absolute atomic E-state index is 5.28. The highest BCUT2D eigenvalue weighted by molar-refractivity contribution is 7.98. The van der Waals surface area contributed by atoms with Crippen LogP contribution in [0.2, 0.25) is 0 Å². The Labute approximate surface area is 107 Å². The third-order valence-corrected chi connectivity index (χ3v) is 3.53. The Bertz CT molecular complexity index is 504. The van der Waals surface area contributed by atoms with Crippen molar-refractivity contribution < 1.29 is 0 Å². The summed E-state index contributed by atoms with van der Waals surface area (Å²) < 4.78 is 0. The molecule has 17 heavy (non-hydrogen) atoms. The molecule has 0 atom stereocenters. The van der Waals surface area contributed by atoms with Crippen molar-refractivity contribution in [2.75, 3.05) is 0 Å². The lowest BCUT2D eigenvalue weighted by atomic mass is 10.5. The highest BCUT2D eigenvalue weighted by atomic mass is 32.2. The summed E-state index contributed by atoms with van der Waals surface area (Å²) in [5.41, 5.74) is 11.5. The number of hydrogen-bond donors (Lipinski definition) is 2. The van der Waals surface area contributed by atoms with Gasteiger partial charge in [0, 0.05) is 17.3 Å². The molecule has 0 unspecified atom stereocenters. The summed E-state index contributed by atoms with van der Waals surface area (Å²) in [6.07, 6.45) is 1.77. The van der Waals surface area contributed by atoms with Gasteiger partial charge in [-0.2, -0.15) is 4.99 Å². The number of aliphatic imine (C=N–C) groups is 1. The lowest BCUT2D eigenvalue weighted by Crippen LogP contribution is -2.21. The van der Waals surface area contributed by atoms with Gasteiger partial charge in [-0.1, -0.05) is 6.07 Å². The molecule has 2 heterocycles. The van der Waals surface area contributed by atoms with E-state index in [9.17, 15) is 0 Å². The predicted octanol–water partition coefficient (Wildman–Crippen LogP) is 1.74. The molecule has 4 N–H and O–H groups in total. The molecule has 0 fully saturated rings. The van der Waals surface area contributed by atoms with Crippen molar-refractivity contribution >= 4 is 34.2 Å². The van der Waals surface area contributed by atoms with Crippen molar-refractivity contribution in [3.63, 3.8) is 0 Å². The maximum atomic E-state index is 5.28. The lowest BCUT2D eigenvalue weighted by molar-refractivity contribution is 1.12. The summed E-state index contributed by atoms with van der Waals surface area (Å²) in [6, 6.07) is 5.82. The zero-order valence-corrected chi connectivity index (χ0v) is 10.5. The molecule has 0 amide bonds. The average Bonchev–Trinajstić information content (AvgIpc) is 2.75. The second-order valence-corrected chi connectivity index (χ2v) is 4.95. The first-order chi connectivity index (χ1) is 8.24. The van der Waals surface area contributed by atoms with Gasteiger partial charge in [-0.05, 0) is 12.1 Å². The SMILES string of the molecule is NC(N)=Nc1nc(CSc2ccccn2)cs1. The number of guanidine groups is 1. The predicted molar refractivity (Wildman–Crippen MR) is 71.4 cm³/mol. The standard InChI is InChI=1S/C10H11N5S2/c11-9(12)15-10-14-7(6-17-10)5-16-8-3-1-2-4-13-8/h1-4,6H,5H2,(H4,11,12,14,15). The Morgan fingerprint density at radius 2 is 2.29 bits per heavy atom. The highest BCUT2D eigenvalue weighted by Crippen LogP contribution is 2.24. The van der Waals surface area contributed by atoms with Gasteiger partial charge < -0.3 is 11.5 Å². The van der Waals surface area contributed by atoms with Gasteiger partial charge in [0.15, 0.2) is 5.96 Å². The number of thiazole rings is 1. The number of pyridine rings is 1. The fourth-order valence-corrected chi connectivity index (χ4v) is 2.67. The van der Waals surface area contributed by atoms with Crippen molar-refractivity contribution in [3.05, 3.63) is 35.5 Å². The number of thioether (sulfide) groups is 1. The molecule has 88 valence electrons. The van der Waals surface area contributed by atoms with Gasteiger partial charge in [-0.3, -0.25) is 0 Å². The van der Waals surface area contributed by atoms with Crippen molar-refractivity contribution in [1.82, 2.24) is 9.97 Å². The van der Waals surface area contributed by atoms with E-state index < -0.39 is 0 Å². The zero-order chi connectivity index (χ0) is 12.1. The lowest BCUT2D eigenvalue weighted by Gasteiger charge is -1.96. The molecule has 0 aromatic carbocycles. The molecular formula is C10H11N5S2. The van der Waals surface area contributed by atoms with Gasteiger partial charge in [0.25, 0.3) is 0 Å². The second-order valence-electron chi connectivity index (χ2n) is 3.11. The second kappa shape index (κ2) is 5.65. The molecule has 0 aliphatic carbocycles. The summed E-state index contributed by atoms with van der Waals surface area (Å²) in [5, 5.41) is 3.50. The van der Waals surface area contributed by atoms with Crippen molar-refractivity contribution in [2.45, 2.75) is 10.8 Å². The van der Waals surface area contributed by atoms with Crippen LogP contribution in [0.3, 0.4) is 0 Å². The van der Waals surface area contributed by atoms with Gasteiger partial charge in [0.05, 0.1) is 10.7 Å². The Morgan fingerprint density at radius 3 is 3.00 bits per heavy atom. The molecule has 0 radical (unpaired) electrons. The zero-order valence-electron chi connectivity index (χ0n) is 8.91. The quantitative estimate of drug-likeness (QED) is 0.499. The normalized spacial score (nSPS) is 10.1. The van der Waals surface area contributed by atoms with Gasteiger partial charge in [0.2, 0.25) is 5.13 Å². The molecule has 5 nitrogen and oxygen atoms in total. The summed E-state index contributed by atoms with van der Waals surface area (Å²) in [5.74, 6) is 0.788. The van der Waals surface area contributed by atoms with Gasteiger partial charge in [-0.25, -0.2) is 9.97 Å². The summed E-state index contributed by atoms with van der Waals surface area (Å²) in [6.45, 7) is 0. The smallest absolute Gasteiger partial charge is 0.212 e. The molecule has 7 heteroatoms.